The standard InChI is InChI=1S/C27H39N3O5/c1-25(2,3)16-26(4,5)29-23(33)21-27-12-11-18(35-27)19(20(27)24(34)30(21)13-14-31)22(32)28-15-17-9-7-6-8-10-17/h6-10,18-21,31H,11-16H2,1-5H3,(H,28,32)(H,29,33)/t18-,19+,20-,21?,27?/m0/s1. The number of hydrogen-bond donors (Lipinski definition) is 3. The van der Waals surface area contributed by atoms with Gasteiger partial charge in [0.15, 0.2) is 0 Å². The van der Waals surface area contributed by atoms with Gasteiger partial charge in [0.05, 0.1) is 24.5 Å². The lowest BCUT2D eigenvalue weighted by Gasteiger charge is -2.38. The Morgan fingerprint density at radius 1 is 1.14 bits per heavy atom. The van der Waals surface area contributed by atoms with Gasteiger partial charge in [0.1, 0.15) is 11.6 Å². The van der Waals surface area contributed by atoms with E-state index in [4.69, 9.17) is 4.74 Å². The number of ether oxygens (including phenoxy) is 1. The maximum Gasteiger partial charge on any atom is 0.246 e. The fourth-order valence-electron chi connectivity index (χ4n) is 6.78. The van der Waals surface area contributed by atoms with Crippen LogP contribution >= 0.6 is 0 Å². The summed E-state index contributed by atoms with van der Waals surface area (Å²) in [6, 6.07) is 8.73. The monoisotopic (exact) mass is 485 g/mol. The predicted octanol–water partition coefficient (Wildman–Crippen LogP) is 2.00. The van der Waals surface area contributed by atoms with E-state index in [1.54, 1.807) is 0 Å². The van der Waals surface area contributed by atoms with Crippen molar-refractivity contribution < 1.29 is 24.2 Å². The minimum absolute atomic E-state index is 0.00185. The Morgan fingerprint density at radius 2 is 1.83 bits per heavy atom. The van der Waals surface area contributed by atoms with Gasteiger partial charge in [-0.1, -0.05) is 51.1 Å². The third kappa shape index (κ3) is 4.83. The summed E-state index contributed by atoms with van der Waals surface area (Å²) in [7, 11) is 0. The summed E-state index contributed by atoms with van der Waals surface area (Å²) in [5, 5.41) is 15.8. The van der Waals surface area contributed by atoms with Crippen molar-refractivity contribution in [2.24, 2.45) is 17.3 Å². The molecule has 5 atom stereocenters. The number of β-amino-alcohol motifs (C(OH)–C–C–N with tert-alkyl or cyclic N) is 1. The lowest BCUT2D eigenvalue weighted by Crippen LogP contribution is -2.59. The average Bonchev–Trinajstić information content (AvgIpc) is 3.38. The van der Waals surface area contributed by atoms with E-state index in [1.807, 2.05) is 44.2 Å². The SMILES string of the molecule is CC(C)(C)CC(C)(C)NC(=O)C1N(CCO)C(=O)[C@@H]2[C@H](C(=O)NCc3ccccc3)[C@@H]3CCC12O3. The highest BCUT2D eigenvalue weighted by atomic mass is 16.5. The normalized spacial score (nSPS) is 29.9. The summed E-state index contributed by atoms with van der Waals surface area (Å²) in [6.45, 7) is 10.4. The van der Waals surface area contributed by atoms with Gasteiger partial charge in [0.2, 0.25) is 17.7 Å². The first kappa shape index (κ1) is 25.6. The van der Waals surface area contributed by atoms with Gasteiger partial charge < -0.3 is 25.4 Å². The molecule has 8 heteroatoms. The molecule has 3 fully saturated rings. The third-order valence-electron chi connectivity index (χ3n) is 7.44. The second kappa shape index (κ2) is 9.21. The molecular formula is C27H39N3O5. The number of rotatable bonds is 8. The van der Waals surface area contributed by atoms with Crippen LogP contribution in [0.1, 0.15) is 59.4 Å². The predicted molar refractivity (Wildman–Crippen MR) is 131 cm³/mol. The Balaban J connectivity index is 1.58. The molecule has 3 heterocycles. The minimum atomic E-state index is -1.05. The van der Waals surface area contributed by atoms with Gasteiger partial charge in [-0.3, -0.25) is 14.4 Å². The Kier molecular flexibility index (Phi) is 6.74. The molecule has 192 valence electrons. The molecule has 4 rings (SSSR count). The summed E-state index contributed by atoms with van der Waals surface area (Å²) in [6.07, 6.45) is 1.51. The van der Waals surface area contributed by atoms with E-state index in [9.17, 15) is 19.5 Å². The van der Waals surface area contributed by atoms with Gasteiger partial charge in [-0.25, -0.2) is 0 Å². The van der Waals surface area contributed by atoms with E-state index in [1.165, 1.54) is 4.90 Å². The van der Waals surface area contributed by atoms with Crippen LogP contribution in [-0.4, -0.2) is 64.2 Å². The van der Waals surface area contributed by atoms with Gasteiger partial charge in [-0.2, -0.15) is 0 Å². The molecule has 1 aromatic rings. The summed E-state index contributed by atoms with van der Waals surface area (Å²) < 4.78 is 6.40. The Bertz CT molecular complexity index is 973. The smallest absolute Gasteiger partial charge is 0.246 e. The number of nitrogens with one attached hydrogen (secondary N) is 2. The molecule has 35 heavy (non-hydrogen) atoms. The van der Waals surface area contributed by atoms with Crippen LogP contribution in [0.3, 0.4) is 0 Å². The van der Waals surface area contributed by atoms with Crippen LogP contribution in [0.25, 0.3) is 0 Å². The molecule has 3 saturated heterocycles. The van der Waals surface area contributed by atoms with Crippen LogP contribution < -0.4 is 10.6 Å². The fourth-order valence-corrected chi connectivity index (χ4v) is 6.78. The third-order valence-corrected chi connectivity index (χ3v) is 7.44. The van der Waals surface area contributed by atoms with Gasteiger partial charge in [-0.05, 0) is 44.1 Å². The largest absolute Gasteiger partial charge is 0.395 e. The van der Waals surface area contributed by atoms with Gasteiger partial charge >= 0.3 is 0 Å². The second-order valence-electron chi connectivity index (χ2n) is 12.1. The van der Waals surface area contributed by atoms with Crippen molar-refractivity contribution >= 4 is 17.7 Å². The average molecular weight is 486 g/mol. The Labute approximate surface area is 207 Å². The number of carbonyl (C=O) groups is 3. The molecule has 2 unspecified atom stereocenters. The summed E-state index contributed by atoms with van der Waals surface area (Å²) in [4.78, 5) is 42.1. The second-order valence-corrected chi connectivity index (χ2v) is 12.1. The molecule has 0 radical (unpaired) electrons. The van der Waals surface area contributed by atoms with Crippen molar-refractivity contribution in [1.82, 2.24) is 15.5 Å². The molecular weight excluding hydrogens is 446 g/mol. The Morgan fingerprint density at radius 3 is 2.46 bits per heavy atom. The number of nitrogens with zero attached hydrogens (tertiary/aromatic N) is 1. The van der Waals surface area contributed by atoms with Gasteiger partial charge in [-0.15, -0.1) is 0 Å². The highest BCUT2D eigenvalue weighted by Gasteiger charge is 2.74. The molecule has 8 nitrogen and oxygen atoms in total. The van der Waals surface area contributed by atoms with Crippen molar-refractivity contribution in [2.75, 3.05) is 13.2 Å². The molecule has 0 saturated carbocycles. The Hall–Kier alpha value is -2.45. The lowest BCUT2D eigenvalue weighted by molar-refractivity contribution is -0.143. The van der Waals surface area contributed by atoms with Crippen molar-refractivity contribution in [3.8, 4) is 0 Å². The molecule has 3 aliphatic heterocycles. The fraction of sp³-hybridized carbons (Fsp3) is 0.667. The van der Waals surface area contributed by atoms with Crippen LogP contribution in [0.15, 0.2) is 30.3 Å². The van der Waals surface area contributed by atoms with Crippen molar-refractivity contribution in [3.63, 3.8) is 0 Å². The van der Waals surface area contributed by atoms with Crippen LogP contribution in [-0.2, 0) is 25.7 Å². The number of benzene rings is 1. The van der Waals surface area contributed by atoms with E-state index in [2.05, 4.69) is 31.4 Å². The summed E-state index contributed by atoms with van der Waals surface area (Å²) in [5.74, 6) is -2.17. The molecule has 1 aromatic carbocycles. The zero-order chi connectivity index (χ0) is 25.6. The molecule has 2 bridgehead atoms. The first-order chi connectivity index (χ1) is 16.4. The summed E-state index contributed by atoms with van der Waals surface area (Å²) >= 11 is 0. The van der Waals surface area contributed by atoms with Crippen LogP contribution in [0.4, 0.5) is 0 Å². The number of fused-ring (bicyclic) bond motifs is 1. The van der Waals surface area contributed by atoms with Gasteiger partial charge in [0, 0.05) is 18.6 Å². The first-order valence-electron chi connectivity index (χ1n) is 12.6. The van der Waals surface area contributed by atoms with E-state index >= 15 is 0 Å². The van der Waals surface area contributed by atoms with Crippen LogP contribution in [0.2, 0.25) is 0 Å². The summed E-state index contributed by atoms with van der Waals surface area (Å²) in [5.41, 5.74) is -0.579. The molecule has 3 N–H and O–H groups in total. The van der Waals surface area contributed by atoms with Crippen molar-refractivity contribution in [3.05, 3.63) is 35.9 Å². The van der Waals surface area contributed by atoms with E-state index in [0.717, 1.165) is 12.0 Å². The van der Waals surface area contributed by atoms with Gasteiger partial charge in [0.25, 0.3) is 0 Å². The molecule has 1 spiro atoms. The number of aliphatic hydroxyl groups excluding tert-OH is 1. The highest BCUT2D eigenvalue weighted by Crippen LogP contribution is 2.58. The number of amides is 3. The first-order valence-corrected chi connectivity index (χ1v) is 12.6. The highest BCUT2D eigenvalue weighted by molar-refractivity contribution is 5.99. The number of carbonyl (C=O) groups excluding carboxylic acids is 3. The van der Waals surface area contributed by atoms with E-state index in [0.29, 0.717) is 19.4 Å². The molecule has 3 amide bonds. The van der Waals surface area contributed by atoms with E-state index < -0.39 is 35.1 Å². The quantitative estimate of drug-likeness (QED) is 0.522. The van der Waals surface area contributed by atoms with Crippen LogP contribution in [0.5, 0.6) is 0 Å². The zero-order valence-corrected chi connectivity index (χ0v) is 21.5. The molecule has 0 aromatic heterocycles. The molecule has 0 aliphatic carbocycles. The topological polar surface area (TPSA) is 108 Å². The van der Waals surface area contributed by atoms with Crippen molar-refractivity contribution in [1.29, 1.82) is 0 Å². The van der Waals surface area contributed by atoms with Crippen molar-refractivity contribution in [2.45, 2.75) is 83.7 Å². The zero-order valence-electron chi connectivity index (χ0n) is 21.5. The van der Waals surface area contributed by atoms with Crippen LogP contribution in [0, 0.1) is 17.3 Å². The maximum absolute atomic E-state index is 13.7. The number of aliphatic hydroxyl groups is 1. The maximum atomic E-state index is 13.7. The van der Waals surface area contributed by atoms with E-state index in [-0.39, 0.29) is 36.3 Å². The number of likely N-dealkylation sites (tertiary alicyclic amines) is 1. The number of hydrogen-bond acceptors (Lipinski definition) is 5. The molecule has 3 aliphatic rings. The lowest BCUT2D eigenvalue weighted by atomic mass is 9.70. The minimum Gasteiger partial charge on any atom is -0.395 e.